The van der Waals surface area contributed by atoms with Crippen LogP contribution in [0.1, 0.15) is 31.1 Å². The van der Waals surface area contributed by atoms with Crippen molar-refractivity contribution in [3.63, 3.8) is 0 Å². The molecule has 106 valence electrons. The van der Waals surface area contributed by atoms with Crippen molar-refractivity contribution in [2.75, 3.05) is 13.1 Å². The van der Waals surface area contributed by atoms with E-state index in [2.05, 4.69) is 71.6 Å². The molecule has 1 N–H and O–H groups in total. The minimum Gasteiger partial charge on any atom is -0.315 e. The lowest BCUT2D eigenvalue weighted by atomic mass is 9.72. The molecule has 3 nitrogen and oxygen atoms in total. The lowest BCUT2D eigenvalue weighted by molar-refractivity contribution is 0.271. The van der Waals surface area contributed by atoms with Crippen LogP contribution in [0, 0.1) is 0 Å². The summed E-state index contributed by atoms with van der Waals surface area (Å²) in [5, 5.41) is 8.12. The molecule has 0 spiro atoms. The van der Waals surface area contributed by atoms with Gasteiger partial charge in [-0.25, -0.2) is 0 Å². The molecule has 2 aromatic rings. The van der Waals surface area contributed by atoms with Gasteiger partial charge in [0.05, 0.1) is 5.69 Å². The van der Waals surface area contributed by atoms with Crippen molar-refractivity contribution >= 4 is 15.9 Å². The molecule has 1 fully saturated rings. The van der Waals surface area contributed by atoms with Gasteiger partial charge in [0.25, 0.3) is 0 Å². The molecule has 3 rings (SSSR count). The van der Waals surface area contributed by atoms with Crippen LogP contribution in [0.5, 0.6) is 0 Å². The van der Waals surface area contributed by atoms with Crippen LogP contribution in [0.15, 0.2) is 41.0 Å². The monoisotopic (exact) mass is 333 g/mol. The summed E-state index contributed by atoms with van der Waals surface area (Å²) in [5.41, 5.74) is 2.77. The SMILES string of the molecule is CC(C)n1ccc(CC2(c3cccc(Br)c3)CNC2)n1. The molecule has 1 aliphatic rings. The average molecular weight is 334 g/mol. The number of hydrogen-bond acceptors (Lipinski definition) is 2. The van der Waals surface area contributed by atoms with E-state index >= 15 is 0 Å². The summed E-state index contributed by atoms with van der Waals surface area (Å²) in [6, 6.07) is 11.2. The van der Waals surface area contributed by atoms with E-state index in [-0.39, 0.29) is 5.41 Å². The van der Waals surface area contributed by atoms with E-state index in [0.29, 0.717) is 6.04 Å². The van der Waals surface area contributed by atoms with Gasteiger partial charge in [0.15, 0.2) is 0 Å². The lowest BCUT2D eigenvalue weighted by Gasteiger charge is -2.43. The van der Waals surface area contributed by atoms with Gasteiger partial charge in [0.2, 0.25) is 0 Å². The summed E-state index contributed by atoms with van der Waals surface area (Å²) < 4.78 is 3.18. The molecular weight excluding hydrogens is 314 g/mol. The second-order valence-electron chi connectivity index (χ2n) is 5.95. The zero-order chi connectivity index (χ0) is 14.2. The smallest absolute Gasteiger partial charge is 0.0634 e. The molecule has 0 radical (unpaired) electrons. The highest BCUT2D eigenvalue weighted by atomic mass is 79.9. The lowest BCUT2D eigenvalue weighted by Crippen LogP contribution is -2.58. The van der Waals surface area contributed by atoms with Gasteiger partial charge in [-0.2, -0.15) is 5.10 Å². The molecule has 20 heavy (non-hydrogen) atoms. The van der Waals surface area contributed by atoms with Crippen LogP contribution in [-0.2, 0) is 11.8 Å². The molecule has 0 amide bonds. The second kappa shape index (κ2) is 5.34. The number of aromatic nitrogens is 2. The first kappa shape index (κ1) is 13.8. The number of hydrogen-bond donors (Lipinski definition) is 1. The standard InChI is InChI=1S/C16H20BrN3/c1-12(2)20-7-6-15(19-20)9-16(10-18-11-16)13-4-3-5-14(17)8-13/h3-8,12,18H,9-11H2,1-2H3. The molecule has 0 aliphatic carbocycles. The largest absolute Gasteiger partial charge is 0.315 e. The van der Waals surface area contributed by atoms with Crippen molar-refractivity contribution < 1.29 is 0 Å². The van der Waals surface area contributed by atoms with Crippen LogP contribution >= 0.6 is 15.9 Å². The van der Waals surface area contributed by atoms with Crippen molar-refractivity contribution in [2.45, 2.75) is 31.7 Å². The van der Waals surface area contributed by atoms with Crippen molar-refractivity contribution in [1.82, 2.24) is 15.1 Å². The molecule has 0 atom stereocenters. The van der Waals surface area contributed by atoms with Crippen LogP contribution in [0.2, 0.25) is 0 Å². The fourth-order valence-electron chi connectivity index (χ4n) is 2.78. The van der Waals surface area contributed by atoms with Crippen molar-refractivity contribution in [2.24, 2.45) is 0 Å². The molecule has 0 bridgehead atoms. The van der Waals surface area contributed by atoms with Gasteiger partial charge in [-0.15, -0.1) is 0 Å². The molecule has 1 aromatic carbocycles. The Balaban J connectivity index is 1.86. The van der Waals surface area contributed by atoms with Gasteiger partial charge in [0.1, 0.15) is 0 Å². The maximum atomic E-state index is 4.70. The van der Waals surface area contributed by atoms with Gasteiger partial charge in [0, 0.05) is 41.6 Å². The summed E-state index contributed by atoms with van der Waals surface area (Å²) >= 11 is 3.58. The van der Waals surface area contributed by atoms with E-state index in [1.807, 2.05) is 4.68 Å². The van der Waals surface area contributed by atoms with Crippen LogP contribution in [-0.4, -0.2) is 22.9 Å². The summed E-state index contributed by atoms with van der Waals surface area (Å²) in [6.45, 7) is 6.37. The molecule has 4 heteroatoms. The predicted molar refractivity (Wildman–Crippen MR) is 85.0 cm³/mol. The summed E-state index contributed by atoms with van der Waals surface area (Å²) in [5.74, 6) is 0. The fourth-order valence-corrected chi connectivity index (χ4v) is 3.18. The van der Waals surface area contributed by atoms with Crippen LogP contribution in [0.3, 0.4) is 0 Å². The van der Waals surface area contributed by atoms with Crippen LogP contribution in [0.4, 0.5) is 0 Å². The Bertz CT molecular complexity index is 599. The predicted octanol–water partition coefficient (Wildman–Crippen LogP) is 3.31. The Labute approximate surface area is 128 Å². The Hall–Kier alpha value is -1.13. The van der Waals surface area contributed by atoms with Crippen molar-refractivity contribution in [3.05, 3.63) is 52.3 Å². The zero-order valence-electron chi connectivity index (χ0n) is 11.9. The number of rotatable bonds is 4. The molecule has 0 saturated carbocycles. The first-order valence-corrected chi connectivity index (χ1v) is 7.89. The van der Waals surface area contributed by atoms with Crippen molar-refractivity contribution in [3.8, 4) is 0 Å². The van der Waals surface area contributed by atoms with E-state index in [0.717, 1.165) is 24.0 Å². The minimum atomic E-state index is 0.194. The summed E-state index contributed by atoms with van der Waals surface area (Å²) in [7, 11) is 0. The molecule has 1 saturated heterocycles. The Morgan fingerprint density at radius 3 is 2.70 bits per heavy atom. The first-order valence-electron chi connectivity index (χ1n) is 7.10. The van der Waals surface area contributed by atoms with Crippen LogP contribution < -0.4 is 5.32 Å². The average Bonchev–Trinajstić information content (AvgIpc) is 2.82. The Kier molecular flexibility index (Phi) is 3.69. The third-order valence-corrected chi connectivity index (χ3v) is 4.57. The van der Waals surface area contributed by atoms with Gasteiger partial charge < -0.3 is 5.32 Å². The quantitative estimate of drug-likeness (QED) is 0.930. The van der Waals surface area contributed by atoms with Crippen molar-refractivity contribution in [1.29, 1.82) is 0 Å². The number of nitrogens with one attached hydrogen (secondary N) is 1. The van der Waals surface area contributed by atoms with Gasteiger partial charge in [-0.1, -0.05) is 28.1 Å². The summed E-state index contributed by atoms with van der Waals surface area (Å²) in [6.07, 6.45) is 3.08. The summed E-state index contributed by atoms with van der Waals surface area (Å²) in [4.78, 5) is 0. The maximum Gasteiger partial charge on any atom is 0.0634 e. The molecule has 1 aromatic heterocycles. The molecule has 1 aliphatic heterocycles. The highest BCUT2D eigenvalue weighted by Crippen LogP contribution is 2.33. The van der Waals surface area contributed by atoms with E-state index in [1.54, 1.807) is 0 Å². The molecular formula is C16H20BrN3. The van der Waals surface area contributed by atoms with Crippen LogP contribution in [0.25, 0.3) is 0 Å². The molecule has 2 heterocycles. The number of nitrogens with zero attached hydrogens (tertiary/aromatic N) is 2. The van der Waals surface area contributed by atoms with E-state index in [4.69, 9.17) is 5.10 Å². The number of benzene rings is 1. The fraction of sp³-hybridized carbons (Fsp3) is 0.438. The second-order valence-corrected chi connectivity index (χ2v) is 6.87. The van der Waals surface area contributed by atoms with E-state index in [9.17, 15) is 0 Å². The van der Waals surface area contributed by atoms with Gasteiger partial charge >= 0.3 is 0 Å². The van der Waals surface area contributed by atoms with E-state index < -0.39 is 0 Å². The zero-order valence-corrected chi connectivity index (χ0v) is 13.5. The first-order chi connectivity index (χ1) is 9.59. The maximum absolute atomic E-state index is 4.70. The van der Waals surface area contributed by atoms with Gasteiger partial charge in [-0.3, -0.25) is 4.68 Å². The topological polar surface area (TPSA) is 29.9 Å². The van der Waals surface area contributed by atoms with E-state index in [1.165, 1.54) is 11.3 Å². The highest BCUT2D eigenvalue weighted by molar-refractivity contribution is 9.10. The normalized spacial score (nSPS) is 17.2. The minimum absolute atomic E-state index is 0.194. The number of halogens is 1. The third kappa shape index (κ3) is 2.54. The third-order valence-electron chi connectivity index (χ3n) is 4.08. The molecule has 0 unspecified atom stereocenters. The Morgan fingerprint density at radius 1 is 1.35 bits per heavy atom. The highest BCUT2D eigenvalue weighted by Gasteiger charge is 2.39. The Morgan fingerprint density at radius 2 is 2.15 bits per heavy atom. The van der Waals surface area contributed by atoms with Gasteiger partial charge in [-0.05, 0) is 37.6 Å².